The van der Waals surface area contributed by atoms with Gasteiger partial charge in [0, 0.05) is 18.2 Å². The van der Waals surface area contributed by atoms with Crippen LogP contribution in [0.5, 0.6) is 11.5 Å². The number of halogens is 3. The molecular weight excluding hydrogens is 543 g/mol. The molecule has 0 fully saturated rings. The fourth-order valence-corrected chi connectivity index (χ4v) is 5.23. The molecule has 3 heterocycles. The molecule has 6 rings (SSSR count). The fraction of sp³-hybridized carbons (Fsp3) is 0.250. The van der Waals surface area contributed by atoms with Crippen LogP contribution in [0.25, 0.3) is 5.65 Å². The zero-order chi connectivity index (χ0) is 29.1. The minimum Gasteiger partial charge on any atom is -0.395 e. The lowest BCUT2D eigenvalue weighted by Crippen LogP contribution is -2.30. The minimum absolute atomic E-state index is 0.0384. The summed E-state index contributed by atoms with van der Waals surface area (Å²) < 4.78 is 50.9. The molecule has 4 aromatic rings. The zero-order valence-electron chi connectivity index (χ0n) is 21.8. The monoisotopic (exact) mass is 565 g/mol. The molecule has 1 aliphatic heterocycles. The summed E-state index contributed by atoms with van der Waals surface area (Å²) in [6.07, 6.45) is -1.62. The van der Waals surface area contributed by atoms with Gasteiger partial charge >= 0.3 is 6.29 Å². The smallest absolute Gasteiger partial charge is 0.395 e. The van der Waals surface area contributed by atoms with Gasteiger partial charge in [-0.1, -0.05) is 18.2 Å². The first-order chi connectivity index (χ1) is 19.5. The Morgan fingerprint density at radius 1 is 1.10 bits per heavy atom. The first kappa shape index (κ1) is 26.3. The molecule has 0 spiro atoms. The van der Waals surface area contributed by atoms with E-state index in [9.17, 15) is 27.6 Å². The summed E-state index contributed by atoms with van der Waals surface area (Å²) in [5.74, 6) is -2.51. The molecule has 0 saturated carbocycles. The maximum absolute atomic E-state index is 14.5. The van der Waals surface area contributed by atoms with Gasteiger partial charge < -0.3 is 20.1 Å². The Kier molecular flexibility index (Phi) is 6.16. The molecule has 0 saturated heterocycles. The normalized spacial score (nSPS) is 16.5. The van der Waals surface area contributed by atoms with Crippen molar-refractivity contribution in [2.24, 2.45) is 0 Å². The molecule has 1 atom stereocenters. The van der Waals surface area contributed by atoms with Crippen molar-refractivity contribution in [2.45, 2.75) is 45.6 Å². The molecule has 2 N–H and O–H groups in total. The van der Waals surface area contributed by atoms with Crippen molar-refractivity contribution in [3.63, 3.8) is 0 Å². The van der Waals surface area contributed by atoms with Crippen molar-refractivity contribution in [3.8, 4) is 11.5 Å². The van der Waals surface area contributed by atoms with Crippen LogP contribution in [0.1, 0.15) is 73.0 Å². The number of ether oxygens (including phenoxy) is 2. The third-order valence-electron chi connectivity index (χ3n) is 7.19. The third kappa shape index (κ3) is 4.72. The number of Topliss-reactive ketones (excluding diaryl/α,β-unsaturated/α-hetero) is 1. The topological polar surface area (TPSA) is 124 Å². The number of nitrogens with one attached hydrogen (secondary N) is 2. The summed E-state index contributed by atoms with van der Waals surface area (Å²) >= 11 is 0. The van der Waals surface area contributed by atoms with Gasteiger partial charge in [-0.05, 0) is 61.1 Å². The Balaban J connectivity index is 1.23. The minimum atomic E-state index is -3.77. The number of ketones is 1. The molecule has 2 aromatic carbocycles. The molecule has 13 heteroatoms. The molecule has 41 heavy (non-hydrogen) atoms. The van der Waals surface area contributed by atoms with E-state index >= 15 is 0 Å². The lowest BCUT2D eigenvalue weighted by molar-refractivity contribution is -0.286. The lowest BCUT2D eigenvalue weighted by atomic mass is 9.96. The first-order valence-corrected chi connectivity index (χ1v) is 12.7. The van der Waals surface area contributed by atoms with Gasteiger partial charge in [0.1, 0.15) is 11.4 Å². The molecule has 10 nitrogen and oxygen atoms in total. The van der Waals surface area contributed by atoms with Crippen LogP contribution in [0.3, 0.4) is 0 Å². The van der Waals surface area contributed by atoms with E-state index in [2.05, 4.69) is 30.2 Å². The Hall–Kier alpha value is -4.94. The van der Waals surface area contributed by atoms with E-state index in [1.54, 1.807) is 6.07 Å². The second-order valence-corrected chi connectivity index (χ2v) is 9.81. The van der Waals surface area contributed by atoms with Gasteiger partial charge in [0.25, 0.3) is 11.8 Å². The molecule has 0 unspecified atom stereocenters. The van der Waals surface area contributed by atoms with Crippen LogP contribution in [0.4, 0.5) is 13.2 Å². The highest BCUT2D eigenvalue weighted by Crippen LogP contribution is 2.41. The first-order valence-electron chi connectivity index (χ1n) is 12.7. The average molecular weight is 566 g/mol. The number of rotatable bonds is 6. The summed E-state index contributed by atoms with van der Waals surface area (Å²) in [7, 11) is 0. The summed E-state index contributed by atoms with van der Waals surface area (Å²) in [6, 6.07) is 8.45. The van der Waals surface area contributed by atoms with Crippen molar-refractivity contribution in [2.75, 3.05) is 0 Å². The predicted octanol–water partition coefficient (Wildman–Crippen LogP) is 4.05. The van der Waals surface area contributed by atoms with Crippen molar-refractivity contribution in [3.05, 3.63) is 87.6 Å². The molecule has 1 aliphatic carbocycles. The van der Waals surface area contributed by atoms with Gasteiger partial charge in [0.05, 0.1) is 12.2 Å². The van der Waals surface area contributed by atoms with Crippen LogP contribution in [0.2, 0.25) is 0 Å². The largest absolute Gasteiger partial charge is 0.586 e. The average Bonchev–Trinajstić information content (AvgIpc) is 3.60. The number of benzene rings is 2. The number of nitrogens with zero attached hydrogens (tertiary/aromatic N) is 3. The quantitative estimate of drug-likeness (QED) is 0.338. The standard InChI is InChI=1S/C28H22F3N5O5/c1-13-16(14(2)37)4-5-18-17(13)6-7-20(18)35-27(39)22-10-21(34-25-19(29)12-33-36(22)25)26(38)32-11-15-3-8-23-24(9-15)41-28(30,31)40-23/h3-5,8-10,12,20H,6-7,11H2,1-2H3,(H,32,38)(H,35,39)/t20-/m0/s1. The van der Waals surface area contributed by atoms with Crippen LogP contribution in [-0.2, 0) is 13.0 Å². The number of hydrogen-bond donors (Lipinski definition) is 2. The van der Waals surface area contributed by atoms with Gasteiger partial charge in [-0.2, -0.15) is 5.10 Å². The SMILES string of the molecule is CC(=O)c1ccc2c(c1C)CC[C@@H]2NC(=O)c1cc(C(=O)NCc2ccc3c(c2)OC(F)(F)O3)nc2c(F)cnn12. The van der Waals surface area contributed by atoms with Gasteiger partial charge in [-0.15, -0.1) is 8.78 Å². The number of fused-ring (bicyclic) bond motifs is 3. The Bertz CT molecular complexity index is 1770. The molecule has 0 bridgehead atoms. The van der Waals surface area contributed by atoms with Crippen molar-refractivity contribution in [1.82, 2.24) is 25.2 Å². The lowest BCUT2D eigenvalue weighted by Gasteiger charge is -2.16. The van der Waals surface area contributed by atoms with E-state index in [0.717, 1.165) is 27.4 Å². The molecular formula is C28H22F3N5O5. The highest BCUT2D eigenvalue weighted by molar-refractivity contribution is 5.99. The van der Waals surface area contributed by atoms with Gasteiger partial charge in [-0.25, -0.2) is 13.9 Å². The Morgan fingerprint density at radius 3 is 2.66 bits per heavy atom. The summed E-state index contributed by atoms with van der Waals surface area (Å²) in [4.78, 5) is 42.4. The number of carbonyl (C=O) groups excluding carboxylic acids is 3. The highest BCUT2D eigenvalue weighted by Gasteiger charge is 2.43. The predicted molar refractivity (Wildman–Crippen MR) is 136 cm³/mol. The van der Waals surface area contributed by atoms with E-state index in [1.165, 1.54) is 31.2 Å². The maximum atomic E-state index is 14.5. The van der Waals surface area contributed by atoms with Gasteiger partial charge in [0.15, 0.2) is 28.7 Å². The second-order valence-electron chi connectivity index (χ2n) is 9.81. The Labute approximate surface area is 230 Å². The van der Waals surface area contributed by atoms with Gasteiger partial charge in [-0.3, -0.25) is 14.4 Å². The maximum Gasteiger partial charge on any atom is 0.586 e. The van der Waals surface area contributed by atoms with E-state index in [-0.39, 0.29) is 46.9 Å². The number of hydrogen-bond acceptors (Lipinski definition) is 7. The number of alkyl halides is 2. The number of aromatic nitrogens is 3. The van der Waals surface area contributed by atoms with Crippen molar-refractivity contribution in [1.29, 1.82) is 0 Å². The van der Waals surface area contributed by atoms with Crippen molar-refractivity contribution < 1.29 is 37.0 Å². The number of carbonyl (C=O) groups is 3. The Morgan fingerprint density at radius 2 is 1.88 bits per heavy atom. The zero-order valence-corrected chi connectivity index (χ0v) is 21.8. The number of amides is 2. The molecule has 2 amide bonds. The molecule has 2 aromatic heterocycles. The van der Waals surface area contributed by atoms with E-state index in [4.69, 9.17) is 0 Å². The highest BCUT2D eigenvalue weighted by atomic mass is 19.3. The molecule has 2 aliphatic rings. The van der Waals surface area contributed by atoms with Crippen LogP contribution >= 0.6 is 0 Å². The van der Waals surface area contributed by atoms with Crippen LogP contribution < -0.4 is 20.1 Å². The van der Waals surface area contributed by atoms with Gasteiger partial charge in [0.2, 0.25) is 0 Å². The van der Waals surface area contributed by atoms with Crippen LogP contribution in [0, 0.1) is 12.7 Å². The molecule has 0 radical (unpaired) electrons. The van der Waals surface area contributed by atoms with E-state index in [1.807, 2.05) is 13.0 Å². The third-order valence-corrected chi connectivity index (χ3v) is 7.19. The van der Waals surface area contributed by atoms with Crippen LogP contribution in [-0.4, -0.2) is 38.5 Å². The summed E-state index contributed by atoms with van der Waals surface area (Å²) in [6.45, 7) is 3.28. The second kappa shape index (κ2) is 9.61. The van der Waals surface area contributed by atoms with Crippen molar-refractivity contribution >= 4 is 23.2 Å². The van der Waals surface area contributed by atoms with E-state index in [0.29, 0.717) is 24.0 Å². The molecule has 210 valence electrons. The summed E-state index contributed by atoms with van der Waals surface area (Å²) in [5, 5.41) is 9.41. The fourth-order valence-electron chi connectivity index (χ4n) is 5.23. The van der Waals surface area contributed by atoms with Crippen LogP contribution in [0.15, 0.2) is 42.6 Å². The van der Waals surface area contributed by atoms with E-state index < -0.39 is 23.9 Å². The summed E-state index contributed by atoms with van der Waals surface area (Å²) in [5.41, 5.74) is 3.15.